The molecule has 19 heavy (non-hydrogen) atoms. The van der Waals surface area contributed by atoms with Crippen molar-refractivity contribution in [2.75, 3.05) is 19.3 Å². The van der Waals surface area contributed by atoms with Crippen molar-refractivity contribution < 1.29 is 0 Å². The fraction of sp³-hybridized carbons (Fsp3) is 0.500. The Morgan fingerprint density at radius 3 is 2.89 bits per heavy atom. The van der Waals surface area contributed by atoms with Crippen molar-refractivity contribution in [3.8, 4) is 6.19 Å². The molecule has 0 radical (unpaired) electrons. The number of aromatic amines is 1. The van der Waals surface area contributed by atoms with E-state index in [1.165, 1.54) is 0 Å². The standard InChI is InChI=1S/C10H16N6S.ClH.H3N/c1-8-9(16-7-15-8)5-17-4-3-13-10(12-2)14-6-11;;/h7H,3-5H2,1-2H3,(H,15,16)(H2,12,13,14);1H;1H3. The van der Waals surface area contributed by atoms with E-state index in [2.05, 4.69) is 25.6 Å². The number of thioether (sulfide) groups is 1. The number of nitriles is 1. The average molecular weight is 306 g/mol. The van der Waals surface area contributed by atoms with Gasteiger partial charge in [-0.1, -0.05) is 0 Å². The summed E-state index contributed by atoms with van der Waals surface area (Å²) in [5.41, 5.74) is 2.21. The lowest BCUT2D eigenvalue weighted by atomic mass is 10.4. The van der Waals surface area contributed by atoms with Gasteiger partial charge in [-0.3, -0.25) is 0 Å². The molecule has 9 heteroatoms. The quantitative estimate of drug-likeness (QED) is 0.280. The van der Waals surface area contributed by atoms with E-state index in [1.54, 1.807) is 31.3 Å². The summed E-state index contributed by atoms with van der Waals surface area (Å²) in [5.74, 6) is 2.32. The fourth-order valence-corrected chi connectivity index (χ4v) is 2.05. The number of H-pyrrole nitrogens is 1. The molecule has 0 bridgehead atoms. The Kier molecular flexibility index (Phi) is 12.2. The minimum Gasteiger partial charge on any atom is -0.359 e. The summed E-state index contributed by atoms with van der Waals surface area (Å²) in [4.78, 5) is 10.8. The second kappa shape index (κ2) is 11.6. The van der Waals surface area contributed by atoms with Gasteiger partial charge >= 0.3 is 0 Å². The highest BCUT2D eigenvalue weighted by molar-refractivity contribution is 7.98. The van der Waals surface area contributed by atoms with Crippen LogP contribution in [0.5, 0.6) is 0 Å². The molecule has 0 atom stereocenters. The summed E-state index contributed by atoms with van der Waals surface area (Å²) >= 11 is 1.79. The molecule has 0 aliphatic carbocycles. The number of nitrogens with one attached hydrogen (secondary N) is 3. The minimum absolute atomic E-state index is 0. The van der Waals surface area contributed by atoms with Gasteiger partial charge in [0, 0.05) is 30.8 Å². The van der Waals surface area contributed by atoms with Crippen LogP contribution in [0.15, 0.2) is 11.3 Å². The number of nitrogens with zero attached hydrogens (tertiary/aromatic N) is 3. The Morgan fingerprint density at radius 2 is 2.37 bits per heavy atom. The first-order valence-corrected chi connectivity index (χ1v) is 6.38. The molecule has 0 saturated heterocycles. The zero-order chi connectivity index (χ0) is 12.5. The number of aryl methyl sites for hydroxylation is 1. The first kappa shape index (κ1) is 19.9. The van der Waals surface area contributed by atoms with Gasteiger partial charge in [0.25, 0.3) is 0 Å². The van der Waals surface area contributed by atoms with Crippen LogP contribution in [-0.2, 0) is 5.75 Å². The van der Waals surface area contributed by atoms with Crippen molar-refractivity contribution in [1.82, 2.24) is 26.8 Å². The number of rotatable bonds is 5. The molecular weight excluding hydrogens is 286 g/mol. The number of halogens is 1. The summed E-state index contributed by atoms with van der Waals surface area (Å²) in [6.45, 7) is 2.77. The highest BCUT2D eigenvalue weighted by Crippen LogP contribution is 2.11. The Morgan fingerprint density at radius 1 is 1.63 bits per heavy atom. The lowest BCUT2D eigenvalue weighted by Gasteiger charge is -2.06. The maximum Gasteiger partial charge on any atom is 0.209 e. The third kappa shape index (κ3) is 7.56. The van der Waals surface area contributed by atoms with Crippen LogP contribution in [0.4, 0.5) is 0 Å². The van der Waals surface area contributed by atoms with Crippen molar-refractivity contribution in [1.29, 1.82) is 5.26 Å². The van der Waals surface area contributed by atoms with Crippen LogP contribution in [-0.4, -0.2) is 35.3 Å². The van der Waals surface area contributed by atoms with E-state index < -0.39 is 0 Å². The van der Waals surface area contributed by atoms with Crippen LogP contribution in [0.1, 0.15) is 11.4 Å². The second-order valence-corrected chi connectivity index (χ2v) is 4.37. The van der Waals surface area contributed by atoms with Crippen molar-refractivity contribution in [3.05, 3.63) is 17.7 Å². The third-order valence-corrected chi connectivity index (χ3v) is 3.08. The van der Waals surface area contributed by atoms with Gasteiger partial charge in [-0.15, -0.1) is 17.4 Å². The number of aliphatic imine (C=N–C) groups is 1. The number of guanidine groups is 1. The summed E-state index contributed by atoms with van der Waals surface area (Å²) in [7, 11) is 1.73. The van der Waals surface area contributed by atoms with E-state index in [0.29, 0.717) is 5.96 Å². The maximum absolute atomic E-state index is 8.39. The molecule has 0 aliphatic rings. The molecule has 1 heterocycles. The predicted octanol–water partition coefficient (Wildman–Crippen LogP) is 1.18. The van der Waals surface area contributed by atoms with Gasteiger partial charge in [-0.25, -0.2) is 4.98 Å². The molecule has 6 N–H and O–H groups in total. The Labute approximate surface area is 123 Å². The Hall–Kier alpha value is -1.43. The highest BCUT2D eigenvalue weighted by atomic mass is 35.5. The molecule has 1 aromatic heterocycles. The van der Waals surface area contributed by atoms with Crippen LogP contribution in [0.3, 0.4) is 0 Å². The third-order valence-electron chi connectivity index (χ3n) is 2.11. The Balaban J connectivity index is 0. The van der Waals surface area contributed by atoms with Crippen LogP contribution >= 0.6 is 24.2 Å². The lowest BCUT2D eigenvalue weighted by Crippen LogP contribution is -2.35. The molecule has 0 aliphatic heterocycles. The van der Waals surface area contributed by atoms with Crippen molar-refractivity contribution >= 4 is 30.1 Å². The molecule has 1 rings (SSSR count). The SMILES string of the molecule is CN/C(=N/C#N)NCCSCc1nc[nH]c1C.Cl.N. The largest absolute Gasteiger partial charge is 0.359 e. The van der Waals surface area contributed by atoms with Gasteiger partial charge in [-0.05, 0) is 6.92 Å². The molecular formula is C10H20ClN7S. The van der Waals surface area contributed by atoms with Crippen molar-refractivity contribution in [2.45, 2.75) is 12.7 Å². The summed E-state index contributed by atoms with van der Waals surface area (Å²) < 4.78 is 0. The van der Waals surface area contributed by atoms with Crippen LogP contribution in [0, 0.1) is 18.4 Å². The van der Waals surface area contributed by atoms with Gasteiger partial charge in [0.1, 0.15) is 0 Å². The predicted molar refractivity (Wildman–Crippen MR) is 81.9 cm³/mol. The molecule has 0 saturated carbocycles. The van der Waals surface area contributed by atoms with Crippen molar-refractivity contribution in [2.24, 2.45) is 4.99 Å². The van der Waals surface area contributed by atoms with E-state index in [9.17, 15) is 0 Å². The fourth-order valence-electron chi connectivity index (χ4n) is 1.18. The summed E-state index contributed by atoms with van der Waals surface area (Å²) in [6.07, 6.45) is 3.44. The molecule has 108 valence electrons. The molecule has 0 amide bonds. The maximum atomic E-state index is 8.39. The van der Waals surface area contributed by atoms with Crippen LogP contribution < -0.4 is 16.8 Å². The number of hydrogen-bond donors (Lipinski definition) is 4. The molecule has 0 spiro atoms. The Bertz CT molecular complexity index is 412. The number of aromatic nitrogens is 2. The minimum atomic E-state index is 0. The van der Waals surface area contributed by atoms with Crippen LogP contribution in [0.25, 0.3) is 0 Å². The first-order valence-electron chi connectivity index (χ1n) is 5.23. The smallest absolute Gasteiger partial charge is 0.209 e. The highest BCUT2D eigenvalue weighted by Gasteiger charge is 2.00. The van der Waals surface area contributed by atoms with E-state index >= 15 is 0 Å². The second-order valence-electron chi connectivity index (χ2n) is 3.26. The van der Waals surface area contributed by atoms with Gasteiger partial charge in [0.15, 0.2) is 0 Å². The molecule has 0 aromatic carbocycles. The van der Waals surface area contributed by atoms with Gasteiger partial charge in [0.05, 0.1) is 12.0 Å². The van der Waals surface area contributed by atoms with E-state index in [-0.39, 0.29) is 18.6 Å². The van der Waals surface area contributed by atoms with E-state index in [1.807, 2.05) is 6.92 Å². The average Bonchev–Trinajstić information content (AvgIpc) is 2.73. The van der Waals surface area contributed by atoms with E-state index in [4.69, 9.17) is 5.26 Å². The molecule has 1 aromatic rings. The topological polar surface area (TPSA) is 124 Å². The normalized spacial score (nSPS) is 9.84. The molecule has 7 nitrogen and oxygen atoms in total. The van der Waals surface area contributed by atoms with Crippen molar-refractivity contribution in [3.63, 3.8) is 0 Å². The zero-order valence-corrected chi connectivity index (χ0v) is 12.7. The number of hydrogen-bond acceptors (Lipinski definition) is 5. The first-order chi connectivity index (χ1) is 8.27. The van der Waals surface area contributed by atoms with E-state index in [0.717, 1.165) is 29.4 Å². The van der Waals surface area contributed by atoms with Gasteiger partial charge < -0.3 is 21.8 Å². The molecule has 0 fully saturated rings. The number of imidazole rings is 1. The summed E-state index contributed by atoms with van der Waals surface area (Å²) in [5, 5.41) is 14.2. The van der Waals surface area contributed by atoms with Gasteiger partial charge in [0.2, 0.25) is 12.2 Å². The lowest BCUT2D eigenvalue weighted by molar-refractivity contribution is 0.917. The van der Waals surface area contributed by atoms with Crippen LogP contribution in [0.2, 0.25) is 0 Å². The zero-order valence-electron chi connectivity index (χ0n) is 11.1. The monoisotopic (exact) mass is 305 g/mol. The molecule has 0 unspecified atom stereocenters. The van der Waals surface area contributed by atoms with Gasteiger partial charge in [-0.2, -0.15) is 17.0 Å². The summed E-state index contributed by atoms with van der Waals surface area (Å²) in [6, 6.07) is 0.